The lowest BCUT2D eigenvalue weighted by atomic mass is 10.0. The van der Waals surface area contributed by atoms with E-state index < -0.39 is 12.1 Å². The number of rotatable bonds is 3. The molecule has 0 N–H and O–H groups in total. The number of carbonyl (C=O) groups excluding carboxylic acids is 1. The first-order valence-corrected chi connectivity index (χ1v) is 5.35. The number of carbonyl (C=O) groups is 1. The van der Waals surface area contributed by atoms with Crippen LogP contribution in [0.5, 0.6) is 0 Å². The van der Waals surface area contributed by atoms with Crippen molar-refractivity contribution in [1.82, 2.24) is 0 Å². The van der Waals surface area contributed by atoms with Crippen molar-refractivity contribution >= 4 is 21.9 Å². The van der Waals surface area contributed by atoms with E-state index in [2.05, 4.69) is 22.5 Å². The van der Waals surface area contributed by atoms with Gasteiger partial charge < -0.3 is 4.74 Å². The van der Waals surface area contributed by atoms with Crippen molar-refractivity contribution in [2.75, 3.05) is 0 Å². The molecular weight excluding hydrogens is 270 g/mol. The second-order valence-electron chi connectivity index (χ2n) is 3.18. The Morgan fingerprint density at radius 1 is 1.62 bits per heavy atom. The van der Waals surface area contributed by atoms with Gasteiger partial charge in [-0.15, -0.1) is 0 Å². The predicted molar refractivity (Wildman–Crippen MR) is 63.4 cm³/mol. The van der Waals surface area contributed by atoms with Gasteiger partial charge in [0.2, 0.25) is 0 Å². The van der Waals surface area contributed by atoms with Gasteiger partial charge in [-0.3, -0.25) is 4.79 Å². The number of ether oxygens (including phenoxy) is 1. The Bertz CT molecular complexity index is 462. The van der Waals surface area contributed by atoms with Crippen molar-refractivity contribution in [2.45, 2.75) is 13.0 Å². The number of nitrogens with zero attached hydrogens (tertiary/aromatic N) is 1. The Balaban J connectivity index is 3.06. The first kappa shape index (κ1) is 12.5. The number of esters is 1. The molecule has 0 fully saturated rings. The highest BCUT2D eigenvalue weighted by Gasteiger charge is 2.18. The average Bonchev–Trinajstić information content (AvgIpc) is 2.24. The van der Waals surface area contributed by atoms with Gasteiger partial charge in [0.15, 0.2) is 6.10 Å². The van der Waals surface area contributed by atoms with Crippen LogP contribution in [0, 0.1) is 11.3 Å². The fourth-order valence-electron chi connectivity index (χ4n) is 1.23. The smallest absolute Gasteiger partial charge is 0.303 e. The molecule has 0 heterocycles. The van der Waals surface area contributed by atoms with E-state index in [-0.39, 0.29) is 5.57 Å². The third kappa shape index (κ3) is 3.21. The molecule has 1 aromatic carbocycles. The molecule has 0 aliphatic rings. The molecule has 0 aromatic heterocycles. The summed E-state index contributed by atoms with van der Waals surface area (Å²) in [6.45, 7) is 4.88. The SMILES string of the molecule is C=C(C#N)C(OC(C)=O)c1cccc(Br)c1. The van der Waals surface area contributed by atoms with Crippen LogP contribution in [0.3, 0.4) is 0 Å². The molecule has 16 heavy (non-hydrogen) atoms. The number of halogens is 1. The maximum absolute atomic E-state index is 10.9. The van der Waals surface area contributed by atoms with Gasteiger partial charge in [-0.2, -0.15) is 5.26 Å². The average molecular weight is 280 g/mol. The van der Waals surface area contributed by atoms with Crippen molar-refractivity contribution < 1.29 is 9.53 Å². The zero-order chi connectivity index (χ0) is 12.1. The molecule has 3 nitrogen and oxygen atoms in total. The lowest BCUT2D eigenvalue weighted by molar-refractivity contribution is -0.144. The molecule has 0 saturated heterocycles. The Morgan fingerprint density at radius 3 is 2.81 bits per heavy atom. The maximum Gasteiger partial charge on any atom is 0.303 e. The molecule has 0 bridgehead atoms. The van der Waals surface area contributed by atoms with Crippen LogP contribution in [-0.4, -0.2) is 5.97 Å². The number of hydrogen-bond donors (Lipinski definition) is 0. The highest BCUT2D eigenvalue weighted by atomic mass is 79.9. The van der Waals surface area contributed by atoms with Crippen molar-refractivity contribution in [1.29, 1.82) is 5.26 Å². The molecule has 1 unspecified atom stereocenters. The van der Waals surface area contributed by atoms with E-state index in [9.17, 15) is 4.79 Å². The first-order valence-electron chi connectivity index (χ1n) is 4.56. The summed E-state index contributed by atoms with van der Waals surface area (Å²) in [6.07, 6.45) is -0.708. The molecular formula is C12H10BrNO2. The summed E-state index contributed by atoms with van der Waals surface area (Å²) in [5.41, 5.74) is 0.921. The van der Waals surface area contributed by atoms with Crippen LogP contribution in [0.25, 0.3) is 0 Å². The minimum Gasteiger partial charge on any atom is -0.452 e. The fraction of sp³-hybridized carbons (Fsp3) is 0.167. The van der Waals surface area contributed by atoms with Gasteiger partial charge in [-0.05, 0) is 17.7 Å². The summed E-state index contributed by atoms with van der Waals surface area (Å²) in [5.74, 6) is -0.443. The summed E-state index contributed by atoms with van der Waals surface area (Å²) < 4.78 is 5.92. The molecule has 0 radical (unpaired) electrons. The monoisotopic (exact) mass is 279 g/mol. The highest BCUT2D eigenvalue weighted by molar-refractivity contribution is 9.10. The van der Waals surface area contributed by atoms with Crippen molar-refractivity contribution in [3.05, 3.63) is 46.5 Å². The maximum atomic E-state index is 10.9. The quantitative estimate of drug-likeness (QED) is 0.631. The normalized spacial score (nSPS) is 11.3. The topological polar surface area (TPSA) is 50.1 Å². The van der Waals surface area contributed by atoms with E-state index in [4.69, 9.17) is 10.00 Å². The van der Waals surface area contributed by atoms with Gasteiger partial charge in [0, 0.05) is 11.4 Å². The van der Waals surface area contributed by atoms with E-state index in [1.54, 1.807) is 18.2 Å². The molecule has 1 rings (SSSR count). The molecule has 82 valence electrons. The van der Waals surface area contributed by atoms with Gasteiger partial charge in [0.25, 0.3) is 0 Å². The number of nitriles is 1. The molecule has 0 saturated carbocycles. The third-order valence-corrected chi connectivity index (χ3v) is 2.39. The summed E-state index contributed by atoms with van der Waals surface area (Å²) >= 11 is 3.31. The second-order valence-corrected chi connectivity index (χ2v) is 4.10. The van der Waals surface area contributed by atoms with Crippen molar-refractivity contribution in [2.24, 2.45) is 0 Å². The minimum absolute atomic E-state index is 0.202. The predicted octanol–water partition coefficient (Wildman–Crippen LogP) is 3.13. The summed E-state index contributed by atoms with van der Waals surface area (Å²) in [6, 6.07) is 9.12. The molecule has 0 aliphatic carbocycles. The first-order chi connectivity index (χ1) is 7.54. The molecule has 0 spiro atoms. The minimum atomic E-state index is -0.708. The lowest BCUT2D eigenvalue weighted by Gasteiger charge is -2.15. The van der Waals surface area contributed by atoms with Crippen LogP contribution in [-0.2, 0) is 9.53 Å². The van der Waals surface area contributed by atoms with E-state index in [1.807, 2.05) is 12.1 Å². The van der Waals surface area contributed by atoms with Crippen LogP contribution >= 0.6 is 15.9 Å². The van der Waals surface area contributed by atoms with Gasteiger partial charge in [0.05, 0.1) is 11.6 Å². The fourth-order valence-corrected chi connectivity index (χ4v) is 1.65. The zero-order valence-corrected chi connectivity index (χ0v) is 10.3. The van der Waals surface area contributed by atoms with Crippen molar-refractivity contribution in [3.63, 3.8) is 0 Å². The van der Waals surface area contributed by atoms with Crippen LogP contribution in [0.1, 0.15) is 18.6 Å². The van der Waals surface area contributed by atoms with Crippen LogP contribution in [0.4, 0.5) is 0 Å². The second kappa shape index (κ2) is 5.47. The van der Waals surface area contributed by atoms with Crippen molar-refractivity contribution in [3.8, 4) is 6.07 Å². The van der Waals surface area contributed by atoms with E-state index in [0.717, 1.165) is 10.0 Å². The number of benzene rings is 1. The van der Waals surface area contributed by atoms with Gasteiger partial charge in [0.1, 0.15) is 0 Å². The summed E-state index contributed by atoms with van der Waals surface area (Å²) in [7, 11) is 0. The summed E-state index contributed by atoms with van der Waals surface area (Å²) in [5, 5.41) is 8.80. The zero-order valence-electron chi connectivity index (χ0n) is 8.74. The summed E-state index contributed by atoms with van der Waals surface area (Å²) in [4.78, 5) is 10.9. The highest BCUT2D eigenvalue weighted by Crippen LogP contribution is 2.26. The largest absolute Gasteiger partial charge is 0.452 e. The van der Waals surface area contributed by atoms with Crippen LogP contribution in [0.2, 0.25) is 0 Å². The van der Waals surface area contributed by atoms with Gasteiger partial charge >= 0.3 is 5.97 Å². The molecule has 1 atom stereocenters. The number of hydrogen-bond acceptors (Lipinski definition) is 3. The van der Waals surface area contributed by atoms with Crippen LogP contribution < -0.4 is 0 Å². The Morgan fingerprint density at radius 2 is 2.31 bits per heavy atom. The molecule has 1 aromatic rings. The molecule has 4 heteroatoms. The van der Waals surface area contributed by atoms with Gasteiger partial charge in [-0.1, -0.05) is 34.6 Å². The Labute approximate surface area is 102 Å². The third-order valence-electron chi connectivity index (χ3n) is 1.90. The Kier molecular flexibility index (Phi) is 4.27. The van der Waals surface area contributed by atoms with Gasteiger partial charge in [-0.25, -0.2) is 0 Å². The Hall–Kier alpha value is -1.60. The molecule has 0 aliphatic heterocycles. The molecule has 0 amide bonds. The van der Waals surface area contributed by atoms with E-state index in [1.165, 1.54) is 6.92 Å². The van der Waals surface area contributed by atoms with E-state index in [0.29, 0.717) is 0 Å². The van der Waals surface area contributed by atoms with Crippen LogP contribution in [0.15, 0.2) is 40.9 Å². The standard InChI is InChI=1S/C12H10BrNO2/c1-8(7-14)12(16-9(2)15)10-4-3-5-11(13)6-10/h3-6,12H,1H2,2H3. The van der Waals surface area contributed by atoms with E-state index >= 15 is 0 Å². The lowest BCUT2D eigenvalue weighted by Crippen LogP contribution is -2.09.